The number of aryl methyl sites for hydroxylation is 1. The van der Waals surface area contributed by atoms with Crippen LogP contribution in [-0.4, -0.2) is 16.0 Å². The molecule has 0 aliphatic rings. The van der Waals surface area contributed by atoms with E-state index >= 15 is 0 Å². The molecule has 1 rings (SSSR count). The van der Waals surface area contributed by atoms with Crippen molar-refractivity contribution < 1.29 is 4.79 Å². The van der Waals surface area contributed by atoms with Gasteiger partial charge in [0.25, 0.3) is 0 Å². The summed E-state index contributed by atoms with van der Waals surface area (Å²) in [5, 5.41) is 0. The summed E-state index contributed by atoms with van der Waals surface area (Å²) in [6.07, 6.45) is 2.53. The normalized spacial score (nSPS) is 11.4. The van der Waals surface area contributed by atoms with Crippen molar-refractivity contribution in [1.29, 1.82) is 0 Å². The van der Waals surface area contributed by atoms with Crippen molar-refractivity contribution in [2.24, 2.45) is 0 Å². The monoisotopic (exact) mass is 209 g/mol. The Kier molecular flexibility index (Phi) is 3.32. The van der Waals surface area contributed by atoms with Crippen LogP contribution in [0.3, 0.4) is 0 Å². The number of hydrogen-bond acceptors (Lipinski definition) is 3. The number of carbonyl (C=O) groups excluding carboxylic acids is 1. The fraction of sp³-hybridized carbons (Fsp3) is 0.455. The highest BCUT2D eigenvalue weighted by Crippen LogP contribution is 2.33. The standard InChI is InChI=1S/C11H15NOS/c1-8-5-10(14-11(2,3)4)9(7-13)12-6-8/h5-7H,1-4H3. The Morgan fingerprint density at radius 3 is 2.57 bits per heavy atom. The molecule has 0 bridgehead atoms. The molecule has 0 spiro atoms. The third-order valence-electron chi connectivity index (χ3n) is 1.55. The van der Waals surface area contributed by atoms with Gasteiger partial charge in [0.2, 0.25) is 0 Å². The number of hydrogen-bond donors (Lipinski definition) is 0. The van der Waals surface area contributed by atoms with E-state index in [0.717, 1.165) is 16.7 Å². The molecule has 76 valence electrons. The number of carbonyl (C=O) groups is 1. The van der Waals surface area contributed by atoms with Crippen molar-refractivity contribution in [2.75, 3.05) is 0 Å². The number of thioether (sulfide) groups is 1. The van der Waals surface area contributed by atoms with Gasteiger partial charge in [0.05, 0.1) is 0 Å². The Labute approximate surface area is 89.1 Å². The largest absolute Gasteiger partial charge is 0.296 e. The van der Waals surface area contributed by atoms with Crippen LogP contribution >= 0.6 is 11.8 Å². The molecule has 0 aliphatic heterocycles. The third-order valence-corrected chi connectivity index (χ3v) is 2.71. The van der Waals surface area contributed by atoms with Gasteiger partial charge in [-0.2, -0.15) is 0 Å². The van der Waals surface area contributed by atoms with Crippen LogP contribution in [0.2, 0.25) is 0 Å². The molecule has 3 heteroatoms. The maximum absolute atomic E-state index is 10.7. The molecular formula is C11H15NOS. The summed E-state index contributed by atoms with van der Waals surface area (Å²) in [7, 11) is 0. The number of aromatic nitrogens is 1. The molecule has 1 heterocycles. The van der Waals surface area contributed by atoms with Gasteiger partial charge in [0.15, 0.2) is 6.29 Å². The van der Waals surface area contributed by atoms with E-state index in [1.807, 2.05) is 13.0 Å². The number of nitrogens with zero attached hydrogens (tertiary/aromatic N) is 1. The van der Waals surface area contributed by atoms with E-state index in [2.05, 4.69) is 25.8 Å². The minimum Gasteiger partial charge on any atom is -0.296 e. The van der Waals surface area contributed by atoms with Crippen LogP contribution < -0.4 is 0 Å². The summed E-state index contributed by atoms with van der Waals surface area (Å²) in [4.78, 5) is 15.8. The summed E-state index contributed by atoms with van der Waals surface area (Å²) in [5.74, 6) is 0. The minimum absolute atomic E-state index is 0.104. The SMILES string of the molecule is Cc1cnc(C=O)c(SC(C)(C)C)c1. The maximum atomic E-state index is 10.7. The van der Waals surface area contributed by atoms with Gasteiger partial charge in [0.1, 0.15) is 5.69 Å². The Hall–Kier alpha value is -0.830. The lowest BCUT2D eigenvalue weighted by molar-refractivity contribution is 0.111. The molecule has 0 unspecified atom stereocenters. The van der Waals surface area contributed by atoms with Crippen LogP contribution in [0.5, 0.6) is 0 Å². The van der Waals surface area contributed by atoms with E-state index in [0.29, 0.717) is 5.69 Å². The summed E-state index contributed by atoms with van der Waals surface area (Å²) < 4.78 is 0.104. The Balaban J connectivity index is 3.05. The van der Waals surface area contributed by atoms with Gasteiger partial charge in [-0.15, -0.1) is 11.8 Å². The first kappa shape index (κ1) is 11.2. The molecule has 0 atom stereocenters. The van der Waals surface area contributed by atoms with Crippen LogP contribution in [0, 0.1) is 6.92 Å². The molecule has 0 N–H and O–H groups in total. The second-order valence-corrected chi connectivity index (χ2v) is 6.10. The van der Waals surface area contributed by atoms with E-state index in [1.165, 1.54) is 0 Å². The summed E-state index contributed by atoms with van der Waals surface area (Å²) in [6.45, 7) is 8.34. The second-order valence-electron chi connectivity index (χ2n) is 4.23. The zero-order chi connectivity index (χ0) is 10.8. The highest BCUT2D eigenvalue weighted by atomic mass is 32.2. The van der Waals surface area contributed by atoms with E-state index in [-0.39, 0.29) is 4.75 Å². The van der Waals surface area contributed by atoms with Crippen molar-refractivity contribution in [3.05, 3.63) is 23.5 Å². The van der Waals surface area contributed by atoms with E-state index in [4.69, 9.17) is 0 Å². The molecule has 2 nitrogen and oxygen atoms in total. The van der Waals surface area contributed by atoms with Crippen molar-refractivity contribution >= 4 is 18.0 Å². The predicted octanol–water partition coefficient (Wildman–Crippen LogP) is 3.09. The lowest BCUT2D eigenvalue weighted by Gasteiger charge is -2.18. The molecule has 0 fully saturated rings. The first-order chi connectivity index (χ1) is 6.42. The Morgan fingerprint density at radius 1 is 1.43 bits per heavy atom. The quantitative estimate of drug-likeness (QED) is 0.554. The van der Waals surface area contributed by atoms with Crippen LogP contribution in [0.25, 0.3) is 0 Å². The van der Waals surface area contributed by atoms with Crippen LogP contribution in [0.1, 0.15) is 36.8 Å². The molecule has 0 aromatic carbocycles. The van der Waals surface area contributed by atoms with Crippen molar-refractivity contribution in [3.63, 3.8) is 0 Å². The van der Waals surface area contributed by atoms with Gasteiger partial charge in [-0.1, -0.05) is 20.8 Å². The van der Waals surface area contributed by atoms with Crippen molar-refractivity contribution in [3.8, 4) is 0 Å². The number of aldehydes is 1. The lowest BCUT2D eigenvalue weighted by Crippen LogP contribution is -2.08. The average Bonchev–Trinajstić information content (AvgIpc) is 2.01. The zero-order valence-corrected chi connectivity index (χ0v) is 9.81. The molecule has 0 saturated heterocycles. The molecule has 0 saturated carbocycles. The Morgan fingerprint density at radius 2 is 2.07 bits per heavy atom. The van der Waals surface area contributed by atoms with Crippen LogP contribution in [0.15, 0.2) is 17.2 Å². The summed E-state index contributed by atoms with van der Waals surface area (Å²) >= 11 is 1.67. The van der Waals surface area contributed by atoms with E-state index < -0.39 is 0 Å². The molecule has 1 aromatic rings. The van der Waals surface area contributed by atoms with Gasteiger partial charge in [-0.3, -0.25) is 9.78 Å². The van der Waals surface area contributed by atoms with Crippen LogP contribution in [-0.2, 0) is 0 Å². The molecular weight excluding hydrogens is 194 g/mol. The fourth-order valence-corrected chi connectivity index (χ4v) is 2.16. The van der Waals surface area contributed by atoms with Crippen molar-refractivity contribution in [1.82, 2.24) is 4.98 Å². The maximum Gasteiger partial charge on any atom is 0.169 e. The van der Waals surface area contributed by atoms with Gasteiger partial charge in [0, 0.05) is 15.8 Å². The highest BCUT2D eigenvalue weighted by Gasteiger charge is 2.15. The number of rotatable bonds is 2. The predicted molar refractivity (Wildman–Crippen MR) is 60.0 cm³/mol. The molecule has 1 aromatic heterocycles. The van der Waals surface area contributed by atoms with Gasteiger partial charge < -0.3 is 0 Å². The summed E-state index contributed by atoms with van der Waals surface area (Å²) in [6, 6.07) is 2.01. The fourth-order valence-electron chi connectivity index (χ4n) is 1.05. The smallest absolute Gasteiger partial charge is 0.169 e. The first-order valence-electron chi connectivity index (χ1n) is 4.53. The third kappa shape index (κ3) is 3.14. The van der Waals surface area contributed by atoms with E-state index in [1.54, 1.807) is 18.0 Å². The summed E-state index contributed by atoms with van der Waals surface area (Å²) in [5.41, 5.74) is 1.62. The zero-order valence-electron chi connectivity index (χ0n) is 9.00. The average molecular weight is 209 g/mol. The molecule has 0 radical (unpaired) electrons. The Bertz CT molecular complexity index is 342. The van der Waals surface area contributed by atoms with Gasteiger partial charge in [-0.05, 0) is 18.6 Å². The topological polar surface area (TPSA) is 30.0 Å². The first-order valence-corrected chi connectivity index (χ1v) is 5.35. The van der Waals surface area contributed by atoms with Gasteiger partial charge >= 0.3 is 0 Å². The highest BCUT2D eigenvalue weighted by molar-refractivity contribution is 8.00. The second kappa shape index (κ2) is 4.13. The lowest BCUT2D eigenvalue weighted by atomic mass is 10.2. The molecule has 0 amide bonds. The van der Waals surface area contributed by atoms with Crippen LogP contribution in [0.4, 0.5) is 0 Å². The minimum atomic E-state index is 0.104. The number of pyridine rings is 1. The van der Waals surface area contributed by atoms with Gasteiger partial charge in [-0.25, -0.2) is 0 Å². The molecule has 14 heavy (non-hydrogen) atoms. The van der Waals surface area contributed by atoms with E-state index in [9.17, 15) is 4.79 Å². The van der Waals surface area contributed by atoms with Crippen molar-refractivity contribution in [2.45, 2.75) is 37.3 Å². The molecule has 0 aliphatic carbocycles.